The maximum Gasteiger partial charge on any atom is 0.250 e. The van der Waals surface area contributed by atoms with E-state index >= 15 is 0 Å². The van der Waals surface area contributed by atoms with Gasteiger partial charge in [-0.05, 0) is 72.6 Å². The number of nitrogens with two attached hydrogens (primary N) is 1. The van der Waals surface area contributed by atoms with E-state index in [0.717, 1.165) is 39.2 Å². The van der Waals surface area contributed by atoms with Gasteiger partial charge in [-0.1, -0.05) is 35.0 Å². The van der Waals surface area contributed by atoms with Crippen LogP contribution in [0.4, 0.5) is 0 Å². The Balaban J connectivity index is 1.61. The number of thioether (sulfide) groups is 1. The van der Waals surface area contributed by atoms with E-state index in [-0.39, 0.29) is 5.56 Å². The fraction of sp³-hybridized carbons (Fsp3) is 0.154. The lowest BCUT2D eigenvalue weighted by Gasteiger charge is -2.09. The molecule has 3 N–H and O–H groups in total. The number of carbonyl (C=O) groups excluding carboxylic acids is 1. The summed E-state index contributed by atoms with van der Waals surface area (Å²) in [6, 6.07) is 18.8. The minimum Gasteiger partial charge on any atom is -0.497 e. The average molecular weight is 528 g/mol. The molecule has 35 heavy (non-hydrogen) atoms. The van der Waals surface area contributed by atoms with Crippen molar-refractivity contribution in [2.24, 2.45) is 5.73 Å². The van der Waals surface area contributed by atoms with Gasteiger partial charge in [-0.15, -0.1) is 0 Å². The summed E-state index contributed by atoms with van der Waals surface area (Å²) in [5, 5.41) is 1.54. The molecule has 0 saturated carbocycles. The number of rotatable bonds is 9. The first-order valence-corrected chi connectivity index (χ1v) is 12.4. The molecular formula is C26H23Cl2N3O3S. The lowest BCUT2D eigenvalue weighted by Crippen LogP contribution is -2.12. The highest BCUT2D eigenvalue weighted by atomic mass is 35.5. The van der Waals surface area contributed by atoms with E-state index in [1.54, 1.807) is 26.4 Å². The van der Waals surface area contributed by atoms with Crippen molar-refractivity contribution in [2.45, 2.75) is 11.6 Å². The van der Waals surface area contributed by atoms with Crippen LogP contribution in [0.1, 0.15) is 15.9 Å². The number of ether oxygens (including phenoxy) is 2. The van der Waals surface area contributed by atoms with Gasteiger partial charge in [0, 0.05) is 21.9 Å². The van der Waals surface area contributed by atoms with Gasteiger partial charge < -0.3 is 20.2 Å². The number of primary amides is 1. The van der Waals surface area contributed by atoms with E-state index in [4.69, 9.17) is 43.4 Å². The average Bonchev–Trinajstić information content (AvgIpc) is 3.30. The van der Waals surface area contributed by atoms with Gasteiger partial charge >= 0.3 is 0 Å². The van der Waals surface area contributed by atoms with Crippen LogP contribution in [0.2, 0.25) is 10.0 Å². The molecule has 0 saturated heterocycles. The first-order valence-electron chi connectivity index (χ1n) is 10.7. The monoisotopic (exact) mass is 527 g/mol. The fourth-order valence-electron chi connectivity index (χ4n) is 3.61. The van der Waals surface area contributed by atoms with E-state index < -0.39 is 5.91 Å². The van der Waals surface area contributed by atoms with Crippen molar-refractivity contribution in [3.8, 4) is 34.0 Å². The zero-order valence-corrected chi connectivity index (χ0v) is 21.4. The topological polar surface area (TPSA) is 90.2 Å². The highest BCUT2D eigenvalue weighted by molar-refractivity contribution is 7.99. The van der Waals surface area contributed by atoms with Crippen LogP contribution in [0.3, 0.4) is 0 Å². The summed E-state index contributed by atoms with van der Waals surface area (Å²) >= 11 is 14.3. The lowest BCUT2D eigenvalue weighted by molar-refractivity contribution is 0.100. The minimum absolute atomic E-state index is 0.262. The zero-order valence-electron chi connectivity index (χ0n) is 19.1. The van der Waals surface area contributed by atoms with Crippen LogP contribution in [-0.2, 0) is 6.42 Å². The highest BCUT2D eigenvalue weighted by Crippen LogP contribution is 2.35. The number of hydrogen-bond donors (Lipinski definition) is 2. The lowest BCUT2D eigenvalue weighted by atomic mass is 10.0. The smallest absolute Gasteiger partial charge is 0.250 e. The Kier molecular flexibility index (Phi) is 7.90. The molecule has 1 heterocycles. The summed E-state index contributed by atoms with van der Waals surface area (Å²) in [6.07, 6.45) is 0.542. The predicted molar refractivity (Wildman–Crippen MR) is 142 cm³/mol. The molecule has 0 unspecified atom stereocenters. The summed E-state index contributed by atoms with van der Waals surface area (Å²) in [7, 11) is 3.28. The summed E-state index contributed by atoms with van der Waals surface area (Å²) in [4.78, 5) is 19.9. The number of amides is 1. The Morgan fingerprint density at radius 1 is 0.943 bits per heavy atom. The molecule has 0 aliphatic carbocycles. The molecule has 0 fully saturated rings. The summed E-state index contributed by atoms with van der Waals surface area (Å²) < 4.78 is 10.6. The largest absolute Gasteiger partial charge is 0.497 e. The molecule has 1 aromatic heterocycles. The Labute approximate surface area is 217 Å². The van der Waals surface area contributed by atoms with Gasteiger partial charge in [0.2, 0.25) is 5.91 Å². The fourth-order valence-corrected chi connectivity index (χ4v) is 5.09. The van der Waals surface area contributed by atoms with Crippen LogP contribution in [-0.4, -0.2) is 35.8 Å². The SMILES string of the molecule is COc1ccc(-c2nc(SCCc3c(Cl)ccc(C(N)=O)c3Cl)[nH]c2-c2ccc(OC)cc2)cc1. The molecule has 0 aliphatic rings. The van der Waals surface area contributed by atoms with Crippen LogP contribution in [0.15, 0.2) is 65.8 Å². The van der Waals surface area contributed by atoms with E-state index in [1.165, 1.54) is 11.8 Å². The summed E-state index contributed by atoms with van der Waals surface area (Å²) in [6.45, 7) is 0. The van der Waals surface area contributed by atoms with E-state index in [2.05, 4.69) is 4.98 Å². The second kappa shape index (κ2) is 11.1. The van der Waals surface area contributed by atoms with Crippen molar-refractivity contribution in [1.29, 1.82) is 0 Å². The van der Waals surface area contributed by atoms with Gasteiger partial charge in [0.05, 0.1) is 36.2 Å². The number of imidazole rings is 1. The molecule has 180 valence electrons. The highest BCUT2D eigenvalue weighted by Gasteiger charge is 2.17. The van der Waals surface area contributed by atoms with Gasteiger partial charge in [-0.25, -0.2) is 4.98 Å². The predicted octanol–water partition coefficient (Wildman–Crippen LogP) is 6.50. The number of aromatic nitrogens is 2. The molecule has 1 amide bonds. The van der Waals surface area contributed by atoms with Crippen LogP contribution in [0.5, 0.6) is 11.5 Å². The standard InChI is InChI=1S/C26H23Cl2N3O3S/c1-33-17-7-3-15(4-8-17)23-24(16-5-9-18(34-2)10-6-16)31-26(30-23)35-14-13-19-21(27)12-11-20(22(19)28)25(29)32/h3-12H,13-14H2,1-2H3,(H2,29,32)(H,30,31). The number of methoxy groups -OCH3 is 2. The van der Waals surface area contributed by atoms with Crippen LogP contribution >= 0.6 is 35.0 Å². The number of H-pyrrole nitrogens is 1. The third-order valence-corrected chi connectivity index (χ3v) is 7.13. The van der Waals surface area contributed by atoms with Crippen molar-refractivity contribution in [3.63, 3.8) is 0 Å². The molecule has 0 atom stereocenters. The number of benzene rings is 3. The van der Waals surface area contributed by atoms with Gasteiger partial charge in [0.25, 0.3) is 0 Å². The third-order valence-electron chi connectivity index (χ3n) is 5.47. The number of nitrogens with zero attached hydrogens (tertiary/aromatic N) is 1. The molecule has 0 spiro atoms. The normalized spacial score (nSPS) is 10.9. The van der Waals surface area contributed by atoms with Crippen molar-refractivity contribution < 1.29 is 14.3 Å². The molecule has 0 bridgehead atoms. The summed E-state index contributed by atoms with van der Waals surface area (Å²) in [5.74, 6) is 1.61. The van der Waals surface area contributed by atoms with Crippen LogP contribution in [0.25, 0.3) is 22.5 Å². The maximum absolute atomic E-state index is 11.6. The summed E-state index contributed by atoms with van der Waals surface area (Å²) in [5.41, 5.74) is 10.0. The van der Waals surface area contributed by atoms with Crippen molar-refractivity contribution in [2.75, 3.05) is 20.0 Å². The quantitative estimate of drug-likeness (QED) is 0.242. The number of hydrogen-bond acceptors (Lipinski definition) is 5. The Morgan fingerprint density at radius 2 is 1.54 bits per heavy atom. The zero-order chi connectivity index (χ0) is 24.9. The molecule has 6 nitrogen and oxygen atoms in total. The minimum atomic E-state index is -0.583. The van der Waals surface area contributed by atoms with E-state index in [9.17, 15) is 4.79 Å². The van der Waals surface area contributed by atoms with E-state index in [0.29, 0.717) is 27.8 Å². The molecule has 4 rings (SSSR count). The van der Waals surface area contributed by atoms with Crippen molar-refractivity contribution in [3.05, 3.63) is 81.8 Å². The molecule has 9 heteroatoms. The van der Waals surface area contributed by atoms with Crippen LogP contribution in [0, 0.1) is 0 Å². The Bertz CT molecular complexity index is 1270. The molecule has 0 aliphatic heterocycles. The molecular weight excluding hydrogens is 505 g/mol. The first kappa shape index (κ1) is 25.0. The van der Waals surface area contributed by atoms with Crippen molar-refractivity contribution in [1.82, 2.24) is 9.97 Å². The van der Waals surface area contributed by atoms with Crippen LogP contribution < -0.4 is 15.2 Å². The Morgan fingerprint density at radius 3 is 2.11 bits per heavy atom. The third kappa shape index (κ3) is 5.59. The first-order chi connectivity index (χ1) is 16.9. The second-order valence-electron chi connectivity index (χ2n) is 7.57. The van der Waals surface area contributed by atoms with Gasteiger partial charge in [0.15, 0.2) is 5.16 Å². The number of halogens is 2. The molecule has 0 radical (unpaired) electrons. The number of nitrogens with one attached hydrogen (secondary N) is 1. The number of carbonyl (C=O) groups is 1. The Hall–Kier alpha value is -3.13. The van der Waals surface area contributed by atoms with Gasteiger partial charge in [-0.2, -0.15) is 0 Å². The van der Waals surface area contributed by atoms with Gasteiger partial charge in [-0.3, -0.25) is 4.79 Å². The van der Waals surface area contributed by atoms with E-state index in [1.807, 2.05) is 48.5 Å². The molecule has 3 aromatic carbocycles. The maximum atomic E-state index is 11.6. The van der Waals surface area contributed by atoms with Crippen molar-refractivity contribution >= 4 is 40.9 Å². The second-order valence-corrected chi connectivity index (χ2v) is 9.44. The molecule has 4 aromatic rings. The van der Waals surface area contributed by atoms with Gasteiger partial charge in [0.1, 0.15) is 11.5 Å². The number of aromatic amines is 1.